The molecule has 0 atom stereocenters. The Kier molecular flexibility index (Phi) is 3.07. The fraction of sp³-hybridized carbons (Fsp3) is 0.286. The fourth-order valence-electron chi connectivity index (χ4n) is 1.06. The normalized spacial score (nSPS) is 9.86. The first-order valence-electron chi connectivity index (χ1n) is 3.64. The molecule has 0 aliphatic rings. The van der Waals surface area contributed by atoms with E-state index in [1.165, 1.54) is 16.0 Å². The van der Waals surface area contributed by atoms with Gasteiger partial charge in [-0.1, -0.05) is 4.68 Å². The predicted octanol–water partition coefficient (Wildman–Crippen LogP) is 0.426. The molecule has 0 aliphatic carbocycles. The molecule has 0 unspecified atom stereocenters. The lowest BCUT2D eigenvalue weighted by Gasteiger charge is -1.89. The lowest BCUT2D eigenvalue weighted by molar-refractivity contribution is -0.730. The minimum absolute atomic E-state index is 0. The fourth-order valence-corrected chi connectivity index (χ4v) is 1.65. The summed E-state index contributed by atoms with van der Waals surface area (Å²) in [7, 11) is 1.65. The molecule has 0 saturated carbocycles. The topological polar surface area (TPSA) is 65.9 Å². The average Bonchev–Trinajstić information content (AvgIpc) is 2.60. The monoisotopic (exact) mass is 233 g/mol. The van der Waals surface area contributed by atoms with Gasteiger partial charge in [-0.05, 0) is 6.92 Å². The van der Waals surface area contributed by atoms with E-state index in [1.54, 1.807) is 7.05 Å². The molecule has 76 valence electrons. The largest absolute Gasteiger partial charge is 0.539 e. The maximum absolute atomic E-state index is 11.2. The van der Waals surface area contributed by atoms with Crippen LogP contribution >= 0.6 is 23.7 Å². The van der Waals surface area contributed by atoms with Crippen LogP contribution in [0.15, 0.2) is 9.90 Å². The van der Waals surface area contributed by atoms with E-state index in [2.05, 4.69) is 14.8 Å². The standard InChI is InChI=1S/C7H7N3O2S.ClH/c1-4-8-5(3-13-4)6-7(11)12-9-10(6)2;/h3H,1-2H3;1H. The summed E-state index contributed by atoms with van der Waals surface area (Å²) >= 11 is 1.49. The van der Waals surface area contributed by atoms with Crippen LogP contribution in [-0.2, 0) is 7.05 Å². The Morgan fingerprint density at radius 1 is 1.57 bits per heavy atom. The van der Waals surface area contributed by atoms with E-state index in [0.29, 0.717) is 11.4 Å². The third-order valence-corrected chi connectivity index (χ3v) is 2.40. The number of aromatic nitrogens is 3. The highest BCUT2D eigenvalue weighted by Gasteiger charge is 2.18. The maximum Gasteiger partial charge on any atom is 0.282 e. The van der Waals surface area contributed by atoms with Gasteiger partial charge in [0, 0.05) is 5.38 Å². The molecule has 0 amide bonds. The summed E-state index contributed by atoms with van der Waals surface area (Å²) in [6.07, 6.45) is 0. The highest BCUT2D eigenvalue weighted by atomic mass is 35.5. The molecule has 2 aromatic rings. The third kappa shape index (κ3) is 1.71. The summed E-state index contributed by atoms with van der Waals surface area (Å²) in [5.74, 6) is -0.451. The summed E-state index contributed by atoms with van der Waals surface area (Å²) in [6, 6.07) is 0. The quantitative estimate of drug-likeness (QED) is 0.670. The number of nitrogens with zero attached hydrogens (tertiary/aromatic N) is 3. The molecule has 2 heterocycles. The molecule has 7 heteroatoms. The van der Waals surface area contributed by atoms with Crippen molar-refractivity contribution in [2.45, 2.75) is 6.92 Å². The lowest BCUT2D eigenvalue weighted by Crippen LogP contribution is -2.32. The molecule has 0 fully saturated rings. The van der Waals surface area contributed by atoms with Gasteiger partial charge < -0.3 is 9.63 Å². The highest BCUT2D eigenvalue weighted by molar-refractivity contribution is 7.09. The second kappa shape index (κ2) is 3.93. The Balaban J connectivity index is 0.000000980. The molecule has 0 N–H and O–H groups in total. The van der Waals surface area contributed by atoms with Crippen molar-refractivity contribution in [3.63, 3.8) is 0 Å². The number of halogens is 1. The van der Waals surface area contributed by atoms with Gasteiger partial charge >= 0.3 is 0 Å². The van der Waals surface area contributed by atoms with Gasteiger partial charge in [0.2, 0.25) is 0 Å². The second-order valence-electron chi connectivity index (χ2n) is 2.58. The molecule has 0 aromatic carbocycles. The Hall–Kier alpha value is -1.14. The number of hydrogen-bond acceptors (Lipinski definition) is 5. The first kappa shape index (κ1) is 10.9. The van der Waals surface area contributed by atoms with Gasteiger partial charge in [0.05, 0.1) is 10.3 Å². The predicted molar refractivity (Wildman–Crippen MR) is 50.2 cm³/mol. The van der Waals surface area contributed by atoms with E-state index in [1.807, 2.05) is 12.3 Å². The molecule has 14 heavy (non-hydrogen) atoms. The summed E-state index contributed by atoms with van der Waals surface area (Å²) in [4.78, 5) is 4.17. The number of aryl methyl sites for hydroxylation is 2. The van der Waals surface area contributed by atoms with Gasteiger partial charge in [0.25, 0.3) is 5.69 Å². The van der Waals surface area contributed by atoms with Crippen molar-refractivity contribution in [3.8, 4) is 17.3 Å². The molecule has 2 aromatic heterocycles. The molecule has 2 rings (SSSR count). The average molecular weight is 234 g/mol. The third-order valence-electron chi connectivity index (χ3n) is 1.62. The van der Waals surface area contributed by atoms with Crippen LogP contribution in [0.3, 0.4) is 0 Å². The van der Waals surface area contributed by atoms with Crippen LogP contribution in [0.5, 0.6) is 5.95 Å². The number of hydrogen-bond donors (Lipinski definition) is 0. The Morgan fingerprint density at radius 2 is 2.29 bits per heavy atom. The highest BCUT2D eigenvalue weighted by Crippen LogP contribution is 2.23. The summed E-state index contributed by atoms with van der Waals surface area (Å²) in [6.45, 7) is 1.88. The van der Waals surface area contributed by atoms with E-state index in [-0.39, 0.29) is 12.4 Å². The Morgan fingerprint density at radius 3 is 2.71 bits per heavy atom. The van der Waals surface area contributed by atoms with Crippen molar-refractivity contribution >= 4 is 23.7 Å². The zero-order chi connectivity index (χ0) is 9.42. The van der Waals surface area contributed by atoms with Gasteiger partial charge in [0.1, 0.15) is 0 Å². The van der Waals surface area contributed by atoms with E-state index >= 15 is 0 Å². The molecule has 0 bridgehead atoms. The smallest absolute Gasteiger partial charge is 0.282 e. The van der Waals surface area contributed by atoms with Crippen LogP contribution in [-0.4, -0.2) is 10.3 Å². The van der Waals surface area contributed by atoms with Crippen molar-refractivity contribution in [3.05, 3.63) is 10.4 Å². The van der Waals surface area contributed by atoms with Crippen LogP contribution in [0, 0.1) is 6.92 Å². The summed E-state index contributed by atoms with van der Waals surface area (Å²) < 4.78 is 5.87. The zero-order valence-corrected chi connectivity index (χ0v) is 9.18. The minimum Gasteiger partial charge on any atom is -0.539 e. The molecule has 0 spiro atoms. The Bertz CT molecular complexity index is 420. The molecular weight excluding hydrogens is 226 g/mol. The van der Waals surface area contributed by atoms with Gasteiger partial charge in [-0.15, -0.1) is 23.7 Å². The van der Waals surface area contributed by atoms with Crippen molar-refractivity contribution in [2.75, 3.05) is 0 Å². The lowest BCUT2D eigenvalue weighted by atomic mass is 10.3. The summed E-state index contributed by atoms with van der Waals surface area (Å²) in [5.41, 5.74) is 1.01. The number of thiazole rings is 1. The molecule has 0 radical (unpaired) electrons. The zero-order valence-electron chi connectivity index (χ0n) is 7.55. The van der Waals surface area contributed by atoms with Gasteiger partial charge in [0.15, 0.2) is 18.7 Å². The molecule has 5 nitrogen and oxygen atoms in total. The number of rotatable bonds is 1. The minimum atomic E-state index is -0.451. The first-order valence-corrected chi connectivity index (χ1v) is 4.52. The van der Waals surface area contributed by atoms with Crippen LogP contribution in [0.2, 0.25) is 0 Å². The van der Waals surface area contributed by atoms with Crippen molar-refractivity contribution in [1.29, 1.82) is 0 Å². The summed E-state index contributed by atoms with van der Waals surface area (Å²) in [5, 5.41) is 17.4. The van der Waals surface area contributed by atoms with Crippen LogP contribution < -0.4 is 9.79 Å². The van der Waals surface area contributed by atoms with Crippen LogP contribution in [0.25, 0.3) is 11.4 Å². The van der Waals surface area contributed by atoms with Gasteiger partial charge in [-0.2, -0.15) is 0 Å². The van der Waals surface area contributed by atoms with E-state index < -0.39 is 5.95 Å². The van der Waals surface area contributed by atoms with Crippen molar-refractivity contribution in [1.82, 2.24) is 10.3 Å². The molecule has 0 aliphatic heterocycles. The van der Waals surface area contributed by atoms with Crippen LogP contribution in [0.1, 0.15) is 5.01 Å². The van der Waals surface area contributed by atoms with E-state index in [9.17, 15) is 5.11 Å². The van der Waals surface area contributed by atoms with Gasteiger partial charge in [-0.3, -0.25) is 0 Å². The van der Waals surface area contributed by atoms with E-state index in [4.69, 9.17) is 0 Å². The van der Waals surface area contributed by atoms with Crippen molar-refractivity contribution < 1.29 is 14.3 Å². The van der Waals surface area contributed by atoms with Crippen molar-refractivity contribution in [2.24, 2.45) is 7.05 Å². The Labute approximate surface area is 90.4 Å². The first-order chi connectivity index (χ1) is 6.18. The SMILES string of the molecule is Cc1nc(-c2c([O-])on[n+]2C)cs1.Cl. The molecule has 0 saturated heterocycles. The molecular formula is C7H8ClN3O2S. The second-order valence-corrected chi connectivity index (χ2v) is 3.65. The van der Waals surface area contributed by atoms with E-state index in [0.717, 1.165) is 5.01 Å². The van der Waals surface area contributed by atoms with Crippen LogP contribution in [0.4, 0.5) is 0 Å². The maximum atomic E-state index is 11.2. The van der Waals surface area contributed by atoms with Gasteiger partial charge in [-0.25, -0.2) is 4.98 Å².